The van der Waals surface area contributed by atoms with Crippen LogP contribution in [0.1, 0.15) is 68.2 Å². The summed E-state index contributed by atoms with van der Waals surface area (Å²) in [6.07, 6.45) is 3.83. The molecule has 2 aliphatic rings. The van der Waals surface area contributed by atoms with Crippen molar-refractivity contribution >= 4 is 28.8 Å². The summed E-state index contributed by atoms with van der Waals surface area (Å²) in [4.78, 5) is 35.9. The van der Waals surface area contributed by atoms with Gasteiger partial charge in [0.05, 0.1) is 17.6 Å². The van der Waals surface area contributed by atoms with Crippen LogP contribution in [0.25, 0.3) is 11.0 Å². The van der Waals surface area contributed by atoms with Crippen LogP contribution < -0.4 is 16.0 Å². The number of primary amides is 1. The van der Waals surface area contributed by atoms with Gasteiger partial charge in [-0.3, -0.25) is 14.5 Å². The second kappa shape index (κ2) is 13.2. The number of nitrogens with one attached hydrogen (secondary N) is 1. The van der Waals surface area contributed by atoms with Crippen molar-refractivity contribution in [1.29, 1.82) is 0 Å². The zero-order valence-electron chi connectivity index (χ0n) is 25.9. The number of fused-ring (bicyclic) bond motifs is 1. The van der Waals surface area contributed by atoms with Gasteiger partial charge in [0, 0.05) is 38.1 Å². The number of piperazine rings is 1. The highest BCUT2D eigenvalue weighted by atomic mass is 16.2. The van der Waals surface area contributed by atoms with E-state index in [1.807, 2.05) is 30.3 Å². The fourth-order valence-electron chi connectivity index (χ4n) is 7.01. The molecule has 1 saturated heterocycles. The van der Waals surface area contributed by atoms with Crippen LogP contribution >= 0.6 is 0 Å². The van der Waals surface area contributed by atoms with E-state index >= 15 is 0 Å². The minimum atomic E-state index is -0.832. The number of benzene rings is 3. The van der Waals surface area contributed by atoms with Gasteiger partial charge in [-0.1, -0.05) is 79.6 Å². The van der Waals surface area contributed by atoms with Crippen molar-refractivity contribution < 1.29 is 9.59 Å². The molecule has 3 unspecified atom stereocenters. The SMILES string of the molecule is CC(C)N1CCN(c2nc3ccccc3n2Cc2ccc(C3CCCCC3C(=O)NC(C(N)=O)c3ccccc3)cc2)CC1. The number of carbonyl (C=O) groups excluding carboxylic acids is 2. The summed E-state index contributed by atoms with van der Waals surface area (Å²) in [5, 5.41) is 2.98. The minimum Gasteiger partial charge on any atom is -0.368 e. The van der Waals surface area contributed by atoms with E-state index in [1.165, 1.54) is 11.1 Å². The third kappa shape index (κ3) is 6.36. The highest BCUT2D eigenvalue weighted by molar-refractivity contribution is 5.89. The highest BCUT2D eigenvalue weighted by Gasteiger charge is 2.34. The van der Waals surface area contributed by atoms with Gasteiger partial charge in [0.2, 0.25) is 17.8 Å². The van der Waals surface area contributed by atoms with Gasteiger partial charge in [0.1, 0.15) is 6.04 Å². The van der Waals surface area contributed by atoms with Gasteiger partial charge in [0.25, 0.3) is 0 Å². The summed E-state index contributed by atoms with van der Waals surface area (Å²) in [5.41, 5.74) is 11.0. The lowest BCUT2D eigenvalue weighted by Gasteiger charge is -2.37. The summed E-state index contributed by atoms with van der Waals surface area (Å²) in [5.74, 6) is 0.288. The van der Waals surface area contributed by atoms with E-state index in [0.717, 1.165) is 75.4 Å². The molecule has 1 saturated carbocycles. The molecule has 4 aromatic rings. The van der Waals surface area contributed by atoms with E-state index in [-0.39, 0.29) is 17.7 Å². The lowest BCUT2D eigenvalue weighted by molar-refractivity contribution is -0.131. The van der Waals surface area contributed by atoms with Crippen molar-refractivity contribution in [2.24, 2.45) is 11.7 Å². The summed E-state index contributed by atoms with van der Waals surface area (Å²) in [6, 6.07) is 26.1. The van der Waals surface area contributed by atoms with Crippen LogP contribution in [0.15, 0.2) is 78.9 Å². The van der Waals surface area contributed by atoms with Gasteiger partial charge in [0.15, 0.2) is 0 Å². The topological polar surface area (TPSA) is 96.5 Å². The monoisotopic (exact) mass is 592 g/mol. The van der Waals surface area contributed by atoms with Gasteiger partial charge < -0.3 is 20.5 Å². The van der Waals surface area contributed by atoms with Crippen LogP contribution in [-0.2, 0) is 16.1 Å². The molecular weight excluding hydrogens is 548 g/mol. The molecule has 230 valence electrons. The zero-order chi connectivity index (χ0) is 30.6. The number of amides is 2. The van der Waals surface area contributed by atoms with Gasteiger partial charge in [-0.25, -0.2) is 4.98 Å². The first-order valence-electron chi connectivity index (χ1n) is 16.1. The van der Waals surface area contributed by atoms with E-state index in [0.29, 0.717) is 11.6 Å². The molecule has 44 heavy (non-hydrogen) atoms. The van der Waals surface area contributed by atoms with E-state index in [2.05, 4.69) is 82.1 Å². The largest absolute Gasteiger partial charge is 0.368 e. The van der Waals surface area contributed by atoms with Crippen molar-refractivity contribution in [3.8, 4) is 0 Å². The Morgan fingerprint density at radius 3 is 2.27 bits per heavy atom. The molecular formula is C36H44N6O2. The number of imidazole rings is 1. The maximum Gasteiger partial charge on any atom is 0.244 e. The third-order valence-corrected chi connectivity index (χ3v) is 9.52. The van der Waals surface area contributed by atoms with Crippen LogP contribution in [0.3, 0.4) is 0 Å². The van der Waals surface area contributed by atoms with Gasteiger partial charge in [-0.15, -0.1) is 0 Å². The van der Waals surface area contributed by atoms with Crippen molar-refractivity contribution in [3.05, 3.63) is 95.6 Å². The molecule has 6 rings (SSSR count). The third-order valence-electron chi connectivity index (χ3n) is 9.52. The molecule has 8 nitrogen and oxygen atoms in total. The van der Waals surface area contributed by atoms with Crippen molar-refractivity contribution in [2.75, 3.05) is 31.1 Å². The number of rotatable bonds is 9. The predicted octanol–water partition coefficient (Wildman–Crippen LogP) is 5.23. The summed E-state index contributed by atoms with van der Waals surface area (Å²) < 4.78 is 2.35. The Kier molecular flexibility index (Phi) is 8.98. The molecule has 2 amide bonds. The standard InChI is InChI=1S/C36H44N6O2/c1-25(2)40-20-22-41(23-21-40)36-38-31-14-8-9-15-32(31)42(36)24-26-16-18-27(19-17-26)29-12-6-7-13-30(29)35(44)39-33(34(37)43)28-10-4-3-5-11-28/h3-5,8-11,14-19,25,29-30,33H,6-7,12-13,20-24H2,1-2H3,(H2,37,43)(H,39,44). The summed E-state index contributed by atoms with van der Waals surface area (Å²) in [6.45, 7) is 9.26. The Hall–Kier alpha value is -4.17. The van der Waals surface area contributed by atoms with Crippen molar-refractivity contribution in [3.63, 3.8) is 0 Å². The normalized spacial score (nSPS) is 20.1. The average molecular weight is 593 g/mol. The van der Waals surface area contributed by atoms with Gasteiger partial charge >= 0.3 is 0 Å². The Morgan fingerprint density at radius 1 is 0.886 bits per heavy atom. The van der Waals surface area contributed by atoms with Crippen molar-refractivity contribution in [1.82, 2.24) is 19.8 Å². The second-order valence-corrected chi connectivity index (χ2v) is 12.6. The zero-order valence-corrected chi connectivity index (χ0v) is 25.9. The molecule has 3 N–H and O–H groups in total. The molecule has 0 radical (unpaired) electrons. The minimum absolute atomic E-state index is 0.0986. The molecule has 1 aliphatic heterocycles. The number of nitrogens with two attached hydrogens (primary N) is 1. The van der Waals surface area contributed by atoms with Crippen LogP contribution in [0.5, 0.6) is 0 Å². The fraction of sp³-hybridized carbons (Fsp3) is 0.417. The van der Waals surface area contributed by atoms with E-state index in [1.54, 1.807) is 0 Å². The molecule has 3 aromatic carbocycles. The van der Waals surface area contributed by atoms with E-state index in [4.69, 9.17) is 10.7 Å². The number of nitrogens with zero attached hydrogens (tertiary/aromatic N) is 4. The summed E-state index contributed by atoms with van der Waals surface area (Å²) >= 11 is 0. The first-order valence-corrected chi connectivity index (χ1v) is 16.1. The smallest absolute Gasteiger partial charge is 0.244 e. The van der Waals surface area contributed by atoms with Crippen LogP contribution in [-0.4, -0.2) is 58.5 Å². The Labute approximate surface area is 260 Å². The van der Waals surface area contributed by atoms with Gasteiger partial charge in [-0.2, -0.15) is 0 Å². The first kappa shape index (κ1) is 29.9. The number of para-hydroxylation sites is 2. The average Bonchev–Trinajstić information content (AvgIpc) is 3.42. The predicted molar refractivity (Wildman–Crippen MR) is 175 cm³/mol. The number of hydrogen-bond acceptors (Lipinski definition) is 5. The highest BCUT2D eigenvalue weighted by Crippen LogP contribution is 2.38. The van der Waals surface area contributed by atoms with Crippen LogP contribution in [0, 0.1) is 5.92 Å². The molecule has 8 heteroatoms. The fourth-order valence-corrected chi connectivity index (χ4v) is 7.01. The molecule has 1 aliphatic carbocycles. The quantitative estimate of drug-likeness (QED) is 0.278. The van der Waals surface area contributed by atoms with Crippen LogP contribution in [0.2, 0.25) is 0 Å². The Morgan fingerprint density at radius 2 is 1.57 bits per heavy atom. The number of anilines is 1. The molecule has 1 aromatic heterocycles. The number of aromatic nitrogens is 2. The molecule has 2 heterocycles. The summed E-state index contributed by atoms with van der Waals surface area (Å²) in [7, 11) is 0. The van der Waals surface area contributed by atoms with Gasteiger partial charge in [-0.05, 0) is 61.4 Å². The second-order valence-electron chi connectivity index (χ2n) is 12.6. The molecule has 3 atom stereocenters. The molecule has 0 spiro atoms. The van der Waals surface area contributed by atoms with E-state index in [9.17, 15) is 9.59 Å². The van der Waals surface area contributed by atoms with E-state index < -0.39 is 11.9 Å². The first-order chi connectivity index (χ1) is 21.4. The van der Waals surface area contributed by atoms with Crippen molar-refractivity contribution in [2.45, 2.75) is 64.1 Å². The maximum absolute atomic E-state index is 13.6. The molecule has 2 fully saturated rings. The lowest BCUT2D eigenvalue weighted by atomic mass is 9.74. The number of carbonyl (C=O) groups is 2. The van der Waals surface area contributed by atoms with Crippen LogP contribution in [0.4, 0.5) is 5.95 Å². The Bertz CT molecular complexity index is 1570. The Balaban J connectivity index is 1.20. The lowest BCUT2D eigenvalue weighted by Crippen LogP contribution is -2.49. The molecule has 0 bridgehead atoms. The number of hydrogen-bond donors (Lipinski definition) is 2. The maximum atomic E-state index is 13.6.